The van der Waals surface area contributed by atoms with Gasteiger partial charge in [-0.15, -0.1) is 0 Å². The van der Waals surface area contributed by atoms with Gasteiger partial charge in [0.25, 0.3) is 0 Å². The second kappa shape index (κ2) is 6.39. The largest absolute Gasteiger partial charge is 0.493 e. The first-order valence-corrected chi connectivity index (χ1v) is 6.57. The van der Waals surface area contributed by atoms with Crippen molar-refractivity contribution in [1.29, 1.82) is 0 Å². The number of hydrogen-bond donors (Lipinski definition) is 1. The Morgan fingerprint density at radius 3 is 2.60 bits per heavy atom. The number of aromatic nitrogens is 1. The van der Waals surface area contributed by atoms with Gasteiger partial charge in [0.15, 0.2) is 11.5 Å². The van der Waals surface area contributed by atoms with E-state index in [1.54, 1.807) is 7.11 Å². The molecule has 0 amide bonds. The van der Waals surface area contributed by atoms with Crippen LogP contribution in [0.15, 0.2) is 30.3 Å². The van der Waals surface area contributed by atoms with Crippen LogP contribution in [0.4, 0.5) is 0 Å². The second-order valence-electron chi connectivity index (χ2n) is 4.74. The van der Waals surface area contributed by atoms with Crippen LogP contribution in [-0.4, -0.2) is 19.1 Å². The van der Waals surface area contributed by atoms with E-state index in [0.717, 1.165) is 23.4 Å². The molecule has 1 aromatic heterocycles. The first-order chi connectivity index (χ1) is 9.62. The van der Waals surface area contributed by atoms with Crippen LogP contribution >= 0.6 is 0 Å². The van der Waals surface area contributed by atoms with Crippen molar-refractivity contribution >= 4 is 0 Å². The minimum atomic E-state index is 0.581. The van der Waals surface area contributed by atoms with Crippen molar-refractivity contribution in [2.24, 2.45) is 0 Å². The number of hydrogen-bond acceptors (Lipinski definition) is 4. The summed E-state index contributed by atoms with van der Waals surface area (Å²) in [6.07, 6.45) is 0. The summed E-state index contributed by atoms with van der Waals surface area (Å²) in [7, 11) is 3.55. The van der Waals surface area contributed by atoms with Crippen LogP contribution in [0, 0.1) is 13.8 Å². The Kier molecular flexibility index (Phi) is 4.58. The number of aryl methyl sites for hydroxylation is 2. The zero-order valence-electron chi connectivity index (χ0n) is 12.4. The maximum Gasteiger partial charge on any atom is 0.219 e. The van der Waals surface area contributed by atoms with Crippen LogP contribution in [-0.2, 0) is 6.54 Å². The summed E-state index contributed by atoms with van der Waals surface area (Å²) in [4.78, 5) is 4.40. The molecule has 2 rings (SSSR count). The lowest BCUT2D eigenvalue weighted by atomic mass is 10.2. The molecule has 0 saturated heterocycles. The van der Waals surface area contributed by atoms with Gasteiger partial charge in [-0.25, -0.2) is 4.98 Å². The van der Waals surface area contributed by atoms with Crippen molar-refractivity contribution in [2.45, 2.75) is 20.4 Å². The molecule has 4 heteroatoms. The normalized spacial score (nSPS) is 10.4. The monoisotopic (exact) mass is 272 g/mol. The van der Waals surface area contributed by atoms with Gasteiger partial charge in [-0.1, -0.05) is 6.07 Å². The highest BCUT2D eigenvalue weighted by Crippen LogP contribution is 2.31. The standard InChI is InChI=1S/C16H20N2O2/c1-11-5-6-14(15(7-11)19-4)20-16-9-13(10-17-3)8-12(2)18-16/h5-9,17H,10H2,1-4H3. The van der Waals surface area contributed by atoms with Crippen LogP contribution in [0.5, 0.6) is 17.4 Å². The van der Waals surface area contributed by atoms with Crippen LogP contribution < -0.4 is 14.8 Å². The molecule has 0 fully saturated rings. The van der Waals surface area contributed by atoms with Crippen LogP contribution in [0.1, 0.15) is 16.8 Å². The third kappa shape index (κ3) is 3.48. The van der Waals surface area contributed by atoms with Gasteiger partial charge < -0.3 is 14.8 Å². The topological polar surface area (TPSA) is 43.4 Å². The molecule has 0 aliphatic rings. The molecule has 1 N–H and O–H groups in total. The Labute approximate surface area is 119 Å². The minimum Gasteiger partial charge on any atom is -0.493 e. The van der Waals surface area contributed by atoms with E-state index in [4.69, 9.17) is 9.47 Å². The molecule has 0 atom stereocenters. The summed E-state index contributed by atoms with van der Waals surface area (Å²) in [5.74, 6) is 1.97. The van der Waals surface area contributed by atoms with E-state index in [1.165, 1.54) is 0 Å². The molecule has 0 aliphatic heterocycles. The summed E-state index contributed by atoms with van der Waals surface area (Å²) in [5.41, 5.74) is 3.20. The smallest absolute Gasteiger partial charge is 0.219 e. The number of nitrogens with zero attached hydrogens (tertiary/aromatic N) is 1. The van der Waals surface area contributed by atoms with Gasteiger partial charge in [-0.05, 0) is 50.2 Å². The molecule has 4 nitrogen and oxygen atoms in total. The second-order valence-corrected chi connectivity index (χ2v) is 4.74. The molecule has 1 heterocycles. The lowest BCUT2D eigenvalue weighted by molar-refractivity contribution is 0.373. The number of nitrogens with one attached hydrogen (secondary N) is 1. The SMILES string of the molecule is CNCc1cc(C)nc(Oc2ccc(C)cc2OC)c1. The van der Waals surface area contributed by atoms with E-state index in [9.17, 15) is 0 Å². The van der Waals surface area contributed by atoms with Gasteiger partial charge in [0.05, 0.1) is 7.11 Å². The Morgan fingerprint density at radius 1 is 1.10 bits per heavy atom. The molecule has 0 unspecified atom stereocenters. The molecule has 0 bridgehead atoms. The van der Waals surface area contributed by atoms with Crippen molar-refractivity contribution in [3.63, 3.8) is 0 Å². The molecule has 0 saturated carbocycles. The van der Waals surface area contributed by atoms with Gasteiger partial charge in [0, 0.05) is 18.3 Å². The molecule has 2 aromatic rings. The molecule has 20 heavy (non-hydrogen) atoms. The first-order valence-electron chi connectivity index (χ1n) is 6.57. The summed E-state index contributed by atoms with van der Waals surface area (Å²) in [5, 5.41) is 3.12. The molecule has 1 aromatic carbocycles. The fourth-order valence-corrected chi connectivity index (χ4v) is 2.04. The first kappa shape index (κ1) is 14.3. The molecule has 0 spiro atoms. The van der Waals surface area contributed by atoms with Crippen LogP contribution in [0.2, 0.25) is 0 Å². The number of rotatable bonds is 5. The third-order valence-electron chi connectivity index (χ3n) is 2.90. The van der Waals surface area contributed by atoms with Crippen molar-refractivity contribution < 1.29 is 9.47 Å². The van der Waals surface area contributed by atoms with Crippen LogP contribution in [0.3, 0.4) is 0 Å². The minimum absolute atomic E-state index is 0.581. The molecule has 0 radical (unpaired) electrons. The summed E-state index contributed by atoms with van der Waals surface area (Å²) < 4.78 is 11.2. The number of ether oxygens (including phenoxy) is 2. The van der Waals surface area contributed by atoms with E-state index >= 15 is 0 Å². The zero-order valence-corrected chi connectivity index (χ0v) is 12.4. The highest BCUT2D eigenvalue weighted by molar-refractivity contribution is 5.44. The Hall–Kier alpha value is -2.07. The van der Waals surface area contributed by atoms with Crippen molar-refractivity contribution in [1.82, 2.24) is 10.3 Å². The number of benzene rings is 1. The summed E-state index contributed by atoms with van der Waals surface area (Å²) in [6.45, 7) is 4.76. The van der Waals surface area contributed by atoms with Gasteiger partial charge in [0.2, 0.25) is 5.88 Å². The summed E-state index contributed by atoms with van der Waals surface area (Å²) in [6, 6.07) is 9.80. The van der Waals surface area contributed by atoms with E-state index in [1.807, 2.05) is 51.2 Å². The lowest BCUT2D eigenvalue weighted by Crippen LogP contribution is -2.06. The Bertz CT molecular complexity index is 597. The maximum atomic E-state index is 5.86. The van der Waals surface area contributed by atoms with Crippen LogP contribution in [0.25, 0.3) is 0 Å². The van der Waals surface area contributed by atoms with E-state index in [0.29, 0.717) is 17.4 Å². The van der Waals surface area contributed by atoms with Crippen molar-refractivity contribution in [3.05, 3.63) is 47.2 Å². The molecular weight excluding hydrogens is 252 g/mol. The van der Waals surface area contributed by atoms with Crippen molar-refractivity contribution in [3.8, 4) is 17.4 Å². The molecular formula is C16H20N2O2. The summed E-state index contributed by atoms with van der Waals surface area (Å²) >= 11 is 0. The highest BCUT2D eigenvalue weighted by atomic mass is 16.5. The number of methoxy groups -OCH3 is 1. The quantitative estimate of drug-likeness (QED) is 0.907. The predicted molar refractivity (Wildman–Crippen MR) is 79.5 cm³/mol. The Morgan fingerprint density at radius 2 is 1.90 bits per heavy atom. The van der Waals surface area contributed by atoms with E-state index in [-0.39, 0.29) is 0 Å². The van der Waals surface area contributed by atoms with E-state index in [2.05, 4.69) is 10.3 Å². The fraction of sp³-hybridized carbons (Fsp3) is 0.312. The van der Waals surface area contributed by atoms with Crippen molar-refractivity contribution in [2.75, 3.05) is 14.2 Å². The number of pyridine rings is 1. The van der Waals surface area contributed by atoms with E-state index < -0.39 is 0 Å². The lowest BCUT2D eigenvalue weighted by Gasteiger charge is -2.12. The van der Waals surface area contributed by atoms with Gasteiger partial charge in [-0.2, -0.15) is 0 Å². The zero-order chi connectivity index (χ0) is 14.5. The average molecular weight is 272 g/mol. The predicted octanol–water partition coefficient (Wildman–Crippen LogP) is 3.22. The fourth-order valence-electron chi connectivity index (χ4n) is 2.04. The molecule has 0 aliphatic carbocycles. The Balaban J connectivity index is 2.29. The third-order valence-corrected chi connectivity index (χ3v) is 2.90. The van der Waals surface area contributed by atoms with Gasteiger partial charge in [-0.3, -0.25) is 0 Å². The highest BCUT2D eigenvalue weighted by Gasteiger charge is 2.08. The van der Waals surface area contributed by atoms with Gasteiger partial charge >= 0.3 is 0 Å². The maximum absolute atomic E-state index is 5.86. The van der Waals surface area contributed by atoms with Gasteiger partial charge in [0.1, 0.15) is 0 Å². The molecule has 106 valence electrons. The average Bonchev–Trinajstić information content (AvgIpc) is 2.40.